The molecule has 0 aromatic heterocycles. The number of hydrogen-bond acceptors (Lipinski definition) is 2. The van der Waals surface area contributed by atoms with Crippen molar-refractivity contribution in [2.75, 3.05) is 12.5 Å². The highest BCUT2D eigenvalue weighted by atomic mass is 35.5. The molecule has 0 unspecified atom stereocenters. The highest BCUT2D eigenvalue weighted by molar-refractivity contribution is 6.37. The van der Waals surface area contributed by atoms with Crippen LogP contribution < -0.4 is 9.47 Å². The van der Waals surface area contributed by atoms with E-state index in [9.17, 15) is 0 Å². The highest BCUT2D eigenvalue weighted by Crippen LogP contribution is 2.37. The lowest BCUT2D eigenvalue weighted by Gasteiger charge is -2.12. The fourth-order valence-electron chi connectivity index (χ4n) is 1.87. The summed E-state index contributed by atoms with van der Waals surface area (Å²) in [6.07, 6.45) is 1.76. The van der Waals surface area contributed by atoms with E-state index in [2.05, 4.69) is 0 Å². The molecule has 0 heterocycles. The van der Waals surface area contributed by atoms with Crippen molar-refractivity contribution in [1.29, 1.82) is 0 Å². The van der Waals surface area contributed by atoms with Gasteiger partial charge in [0, 0.05) is 18.0 Å². The van der Waals surface area contributed by atoms with Gasteiger partial charge in [-0.25, -0.2) is 0 Å². The molecular weight excluding hydrogens is 343 g/mol. The van der Waals surface area contributed by atoms with Crippen LogP contribution in [0.25, 0.3) is 0 Å². The molecule has 0 aliphatic heterocycles. The van der Waals surface area contributed by atoms with Crippen LogP contribution in [0.15, 0.2) is 42.5 Å². The maximum Gasteiger partial charge on any atom is 0.156 e. The van der Waals surface area contributed by atoms with Gasteiger partial charge in [0.05, 0.1) is 16.7 Å². The summed E-state index contributed by atoms with van der Waals surface area (Å²) in [5.41, 5.74) is 1.08. The minimum absolute atomic E-state index is 0.446. The third-order valence-corrected chi connectivity index (χ3v) is 3.82. The van der Waals surface area contributed by atoms with E-state index in [0.29, 0.717) is 40.6 Å². The van der Waals surface area contributed by atoms with Gasteiger partial charge in [-0.05, 0) is 18.4 Å². The van der Waals surface area contributed by atoms with Crippen LogP contribution in [-0.4, -0.2) is 12.5 Å². The number of alkyl halides is 1. The molecule has 0 spiro atoms. The zero-order valence-corrected chi connectivity index (χ0v) is 14.3. The number of hydrogen-bond donors (Lipinski definition) is 0. The topological polar surface area (TPSA) is 18.5 Å². The Balaban J connectivity index is 1.96. The van der Waals surface area contributed by atoms with Gasteiger partial charge in [-0.3, -0.25) is 0 Å². The van der Waals surface area contributed by atoms with Crippen LogP contribution in [0, 0.1) is 0 Å². The van der Waals surface area contributed by atoms with Gasteiger partial charge >= 0.3 is 0 Å². The van der Waals surface area contributed by atoms with Crippen LogP contribution in [0.1, 0.15) is 18.4 Å². The molecule has 2 aromatic rings. The quantitative estimate of drug-likeness (QED) is 0.427. The van der Waals surface area contributed by atoms with Crippen LogP contribution in [0.4, 0.5) is 0 Å². The fourth-order valence-corrected chi connectivity index (χ4v) is 2.63. The first-order valence-corrected chi connectivity index (χ1v) is 8.34. The van der Waals surface area contributed by atoms with E-state index < -0.39 is 0 Å². The second-order valence-corrected chi connectivity index (χ2v) is 5.93. The van der Waals surface area contributed by atoms with Crippen molar-refractivity contribution in [3.05, 3.63) is 58.1 Å². The van der Waals surface area contributed by atoms with Gasteiger partial charge in [-0.1, -0.05) is 53.5 Å². The number of unbranched alkanes of at least 4 members (excludes halogenated alkanes) is 1. The second-order valence-electron chi connectivity index (χ2n) is 4.73. The maximum atomic E-state index is 6.21. The molecule has 2 rings (SSSR count). The fraction of sp³-hybridized carbons (Fsp3) is 0.294. The molecule has 0 aliphatic carbocycles. The standard InChI is InChI=1S/C17H17Cl3O2/c18-8-4-5-9-21-17-15(19)10-14(11-16(17)20)22-12-13-6-2-1-3-7-13/h1-3,6-7,10-11H,4-5,8-9,12H2. The van der Waals surface area contributed by atoms with Gasteiger partial charge < -0.3 is 9.47 Å². The van der Waals surface area contributed by atoms with Crippen molar-refractivity contribution in [2.45, 2.75) is 19.4 Å². The first kappa shape index (κ1) is 17.3. The second kappa shape index (κ2) is 9.14. The summed E-state index contributed by atoms with van der Waals surface area (Å²) in [5.74, 6) is 1.73. The first-order chi connectivity index (χ1) is 10.7. The van der Waals surface area contributed by atoms with Gasteiger partial charge in [0.25, 0.3) is 0 Å². The van der Waals surface area contributed by atoms with Crippen molar-refractivity contribution in [1.82, 2.24) is 0 Å². The zero-order valence-electron chi connectivity index (χ0n) is 12.0. The van der Waals surface area contributed by atoms with Crippen molar-refractivity contribution in [3.8, 4) is 11.5 Å². The summed E-state index contributed by atoms with van der Waals surface area (Å²) in [6.45, 7) is 1.000. The number of rotatable bonds is 8. The smallest absolute Gasteiger partial charge is 0.156 e. The van der Waals surface area contributed by atoms with E-state index in [1.165, 1.54) is 0 Å². The Morgan fingerprint density at radius 3 is 2.18 bits per heavy atom. The average molecular weight is 360 g/mol. The third kappa shape index (κ3) is 5.28. The van der Waals surface area contributed by atoms with Crippen molar-refractivity contribution >= 4 is 34.8 Å². The summed E-state index contributed by atoms with van der Waals surface area (Å²) in [5, 5.41) is 0.892. The molecular formula is C17H17Cl3O2. The minimum Gasteiger partial charge on any atom is -0.490 e. The van der Waals surface area contributed by atoms with Crippen LogP contribution in [-0.2, 0) is 6.61 Å². The van der Waals surface area contributed by atoms with Crippen molar-refractivity contribution in [3.63, 3.8) is 0 Å². The highest BCUT2D eigenvalue weighted by Gasteiger charge is 2.10. The van der Waals surface area contributed by atoms with E-state index in [1.807, 2.05) is 30.3 Å². The van der Waals surface area contributed by atoms with Crippen LogP contribution in [0.3, 0.4) is 0 Å². The molecule has 118 valence electrons. The van der Waals surface area contributed by atoms with Crippen LogP contribution in [0.2, 0.25) is 10.0 Å². The normalized spacial score (nSPS) is 10.5. The molecule has 0 bridgehead atoms. The molecule has 0 N–H and O–H groups in total. The van der Waals surface area contributed by atoms with Gasteiger partial charge in [0.2, 0.25) is 0 Å². The van der Waals surface area contributed by atoms with Gasteiger partial charge in [0.15, 0.2) is 5.75 Å². The Morgan fingerprint density at radius 1 is 0.864 bits per heavy atom. The Hall–Kier alpha value is -1.09. The lowest BCUT2D eigenvalue weighted by molar-refractivity contribution is 0.299. The Labute approximate surface area is 145 Å². The SMILES string of the molecule is ClCCCCOc1c(Cl)cc(OCc2ccccc2)cc1Cl. The third-order valence-electron chi connectivity index (χ3n) is 2.99. The van der Waals surface area contributed by atoms with Crippen LogP contribution >= 0.6 is 34.8 Å². The molecule has 0 radical (unpaired) electrons. The van der Waals surface area contributed by atoms with Gasteiger partial charge in [-0.15, -0.1) is 11.6 Å². The Bertz CT molecular complexity index is 565. The molecule has 0 saturated heterocycles. The molecule has 22 heavy (non-hydrogen) atoms. The zero-order chi connectivity index (χ0) is 15.8. The molecule has 2 aromatic carbocycles. The number of ether oxygens (including phenoxy) is 2. The van der Waals surface area contributed by atoms with Crippen molar-refractivity contribution < 1.29 is 9.47 Å². The number of halogens is 3. The molecule has 0 aliphatic rings. The van der Waals surface area contributed by atoms with Gasteiger partial charge in [0.1, 0.15) is 12.4 Å². The van der Waals surface area contributed by atoms with Crippen LogP contribution in [0.5, 0.6) is 11.5 Å². The predicted molar refractivity (Wildman–Crippen MR) is 92.7 cm³/mol. The number of benzene rings is 2. The lowest BCUT2D eigenvalue weighted by atomic mass is 10.2. The van der Waals surface area contributed by atoms with Gasteiger partial charge in [-0.2, -0.15) is 0 Å². The Kier molecular flexibility index (Phi) is 7.17. The summed E-state index contributed by atoms with van der Waals surface area (Å²) in [6, 6.07) is 13.3. The molecule has 5 heteroatoms. The monoisotopic (exact) mass is 358 g/mol. The largest absolute Gasteiger partial charge is 0.490 e. The summed E-state index contributed by atoms with van der Waals surface area (Å²) in [4.78, 5) is 0. The molecule has 0 amide bonds. The predicted octanol–water partition coefficient (Wildman–Crippen LogP) is 5.97. The van der Waals surface area contributed by atoms with E-state index >= 15 is 0 Å². The van der Waals surface area contributed by atoms with E-state index in [4.69, 9.17) is 44.3 Å². The maximum absolute atomic E-state index is 6.21. The average Bonchev–Trinajstić information content (AvgIpc) is 2.52. The summed E-state index contributed by atoms with van der Waals surface area (Å²) >= 11 is 18.1. The van der Waals surface area contributed by atoms with E-state index in [0.717, 1.165) is 18.4 Å². The first-order valence-electron chi connectivity index (χ1n) is 7.05. The molecule has 2 nitrogen and oxygen atoms in total. The lowest BCUT2D eigenvalue weighted by Crippen LogP contribution is -2.00. The molecule has 0 saturated carbocycles. The Morgan fingerprint density at radius 2 is 1.55 bits per heavy atom. The van der Waals surface area contributed by atoms with E-state index in [1.54, 1.807) is 12.1 Å². The molecule has 0 atom stereocenters. The summed E-state index contributed by atoms with van der Waals surface area (Å²) < 4.78 is 11.3. The molecule has 0 fully saturated rings. The van der Waals surface area contributed by atoms with E-state index in [-0.39, 0.29) is 0 Å². The van der Waals surface area contributed by atoms with Crippen molar-refractivity contribution in [2.24, 2.45) is 0 Å². The minimum atomic E-state index is 0.446. The summed E-state index contributed by atoms with van der Waals surface area (Å²) in [7, 11) is 0.